The van der Waals surface area contributed by atoms with Gasteiger partial charge in [-0.25, -0.2) is 4.79 Å². The first-order valence-electron chi connectivity index (χ1n) is 6.35. The normalized spacial score (nSPS) is 10.7. The van der Waals surface area contributed by atoms with Crippen LogP contribution in [0.2, 0.25) is 0 Å². The predicted molar refractivity (Wildman–Crippen MR) is 76.6 cm³/mol. The summed E-state index contributed by atoms with van der Waals surface area (Å²) in [5.41, 5.74) is 1.63. The zero-order chi connectivity index (χ0) is 13.9. The summed E-state index contributed by atoms with van der Waals surface area (Å²) < 4.78 is 6.42. The summed E-state index contributed by atoms with van der Waals surface area (Å²) in [5, 5.41) is 6.60. The van der Waals surface area contributed by atoms with Gasteiger partial charge in [-0.05, 0) is 16.3 Å². The van der Waals surface area contributed by atoms with Gasteiger partial charge in [-0.1, -0.05) is 42.5 Å². The number of benzene rings is 2. The van der Waals surface area contributed by atoms with Crippen LogP contribution in [-0.4, -0.2) is 22.9 Å². The number of nitrogens with zero attached hydrogens (tertiary/aromatic N) is 2. The Morgan fingerprint density at radius 2 is 2.00 bits per heavy atom. The molecular weight excluding hydrogens is 252 g/mol. The van der Waals surface area contributed by atoms with E-state index < -0.39 is 0 Å². The number of carbonyl (C=O) groups is 1. The number of hydrogen-bond donors (Lipinski definition) is 0. The van der Waals surface area contributed by atoms with Crippen molar-refractivity contribution in [3.05, 3.63) is 66.0 Å². The predicted octanol–water partition coefficient (Wildman–Crippen LogP) is 2.87. The van der Waals surface area contributed by atoms with Crippen LogP contribution >= 0.6 is 0 Å². The Morgan fingerprint density at radius 1 is 1.20 bits per heavy atom. The highest BCUT2D eigenvalue weighted by atomic mass is 16.5. The van der Waals surface area contributed by atoms with E-state index in [1.165, 1.54) is 29.6 Å². The molecule has 0 radical (unpaired) electrons. The lowest BCUT2D eigenvalue weighted by atomic mass is 10.0. The number of hydrogen-bond acceptors (Lipinski definition) is 3. The second-order valence-electron chi connectivity index (χ2n) is 4.56. The minimum absolute atomic E-state index is 0.367. The van der Waals surface area contributed by atoms with E-state index in [9.17, 15) is 4.79 Å². The smallest absolute Gasteiger partial charge is 0.341 e. The van der Waals surface area contributed by atoms with Crippen molar-refractivity contribution in [2.75, 3.05) is 7.11 Å². The van der Waals surface area contributed by atoms with E-state index in [4.69, 9.17) is 0 Å². The molecule has 0 spiro atoms. The highest BCUT2D eigenvalue weighted by molar-refractivity contribution is 5.88. The van der Waals surface area contributed by atoms with Gasteiger partial charge in [0.15, 0.2) is 0 Å². The Kier molecular flexibility index (Phi) is 3.21. The molecule has 0 aliphatic heterocycles. The third-order valence-electron chi connectivity index (χ3n) is 3.27. The van der Waals surface area contributed by atoms with E-state index in [1.807, 2.05) is 18.2 Å². The summed E-state index contributed by atoms with van der Waals surface area (Å²) in [5.74, 6) is -0.367. The third-order valence-corrected chi connectivity index (χ3v) is 3.27. The van der Waals surface area contributed by atoms with Gasteiger partial charge >= 0.3 is 5.97 Å². The monoisotopic (exact) mass is 266 g/mol. The van der Waals surface area contributed by atoms with Crippen LogP contribution in [0.25, 0.3) is 10.8 Å². The fourth-order valence-corrected chi connectivity index (χ4v) is 2.28. The Balaban J connectivity index is 1.93. The van der Waals surface area contributed by atoms with Gasteiger partial charge in [-0.3, -0.25) is 4.68 Å². The van der Waals surface area contributed by atoms with E-state index in [2.05, 4.69) is 34.1 Å². The van der Waals surface area contributed by atoms with Crippen molar-refractivity contribution in [2.45, 2.75) is 6.54 Å². The molecule has 1 heterocycles. The van der Waals surface area contributed by atoms with Crippen LogP contribution in [0.3, 0.4) is 0 Å². The van der Waals surface area contributed by atoms with Crippen molar-refractivity contribution in [3.8, 4) is 0 Å². The van der Waals surface area contributed by atoms with Crippen molar-refractivity contribution in [3.63, 3.8) is 0 Å². The number of esters is 1. The molecule has 0 unspecified atom stereocenters. The SMILES string of the molecule is COC(=O)c1cnn(Cc2cccc3ccccc23)c1. The van der Waals surface area contributed by atoms with Crippen LogP contribution in [0.4, 0.5) is 0 Å². The van der Waals surface area contributed by atoms with Gasteiger partial charge in [0.05, 0.1) is 25.4 Å². The fourth-order valence-electron chi connectivity index (χ4n) is 2.28. The minimum atomic E-state index is -0.367. The summed E-state index contributed by atoms with van der Waals surface area (Å²) in [6.45, 7) is 0.623. The van der Waals surface area contributed by atoms with E-state index in [0.29, 0.717) is 12.1 Å². The summed E-state index contributed by atoms with van der Waals surface area (Å²) >= 11 is 0. The molecule has 1 aromatic heterocycles. The molecule has 0 aliphatic rings. The summed E-state index contributed by atoms with van der Waals surface area (Å²) in [4.78, 5) is 11.4. The fraction of sp³-hybridized carbons (Fsp3) is 0.125. The Hall–Kier alpha value is -2.62. The maximum atomic E-state index is 11.4. The van der Waals surface area contributed by atoms with Gasteiger partial charge in [0.25, 0.3) is 0 Å². The molecule has 0 bridgehead atoms. The lowest BCUT2D eigenvalue weighted by Crippen LogP contribution is -2.02. The van der Waals surface area contributed by atoms with Crippen LogP contribution < -0.4 is 0 Å². The number of aromatic nitrogens is 2. The molecule has 0 saturated carbocycles. The molecular formula is C16H14N2O2. The number of fused-ring (bicyclic) bond motifs is 1. The largest absolute Gasteiger partial charge is 0.465 e. The van der Waals surface area contributed by atoms with Crippen molar-refractivity contribution in [2.24, 2.45) is 0 Å². The third kappa shape index (κ3) is 2.28. The molecule has 0 aliphatic carbocycles. The van der Waals surface area contributed by atoms with E-state index in [1.54, 1.807) is 10.9 Å². The van der Waals surface area contributed by atoms with Crippen LogP contribution in [0, 0.1) is 0 Å². The maximum absolute atomic E-state index is 11.4. The molecule has 0 fully saturated rings. The summed E-state index contributed by atoms with van der Waals surface area (Å²) in [7, 11) is 1.37. The number of methoxy groups -OCH3 is 1. The molecule has 3 aromatic rings. The highest BCUT2D eigenvalue weighted by Crippen LogP contribution is 2.19. The second-order valence-corrected chi connectivity index (χ2v) is 4.56. The van der Waals surface area contributed by atoms with E-state index in [-0.39, 0.29) is 5.97 Å². The van der Waals surface area contributed by atoms with Crippen LogP contribution in [0.15, 0.2) is 54.9 Å². The zero-order valence-electron chi connectivity index (χ0n) is 11.1. The molecule has 0 saturated heterocycles. The van der Waals surface area contributed by atoms with E-state index >= 15 is 0 Å². The first-order valence-corrected chi connectivity index (χ1v) is 6.35. The highest BCUT2D eigenvalue weighted by Gasteiger charge is 2.09. The maximum Gasteiger partial charge on any atom is 0.341 e. The van der Waals surface area contributed by atoms with Crippen molar-refractivity contribution in [1.82, 2.24) is 9.78 Å². The molecule has 4 heteroatoms. The quantitative estimate of drug-likeness (QED) is 0.685. The average molecular weight is 266 g/mol. The number of ether oxygens (including phenoxy) is 1. The summed E-state index contributed by atoms with van der Waals surface area (Å²) in [6, 6.07) is 14.4. The Bertz CT molecular complexity index is 757. The van der Waals surface area contributed by atoms with Crippen LogP contribution in [0.1, 0.15) is 15.9 Å². The van der Waals surface area contributed by atoms with Gasteiger partial charge in [0.2, 0.25) is 0 Å². The topological polar surface area (TPSA) is 44.1 Å². The second kappa shape index (κ2) is 5.17. The Morgan fingerprint density at radius 3 is 2.85 bits per heavy atom. The average Bonchev–Trinajstić information content (AvgIpc) is 2.95. The number of carbonyl (C=O) groups excluding carboxylic acids is 1. The van der Waals surface area contributed by atoms with Crippen LogP contribution in [0.5, 0.6) is 0 Å². The molecule has 3 rings (SSSR count). The van der Waals surface area contributed by atoms with Gasteiger partial charge < -0.3 is 4.74 Å². The lowest BCUT2D eigenvalue weighted by molar-refractivity contribution is 0.0600. The van der Waals surface area contributed by atoms with Crippen molar-refractivity contribution < 1.29 is 9.53 Å². The number of rotatable bonds is 3. The lowest BCUT2D eigenvalue weighted by Gasteiger charge is -2.06. The first kappa shape index (κ1) is 12.4. The molecule has 0 N–H and O–H groups in total. The van der Waals surface area contributed by atoms with Gasteiger partial charge in [0, 0.05) is 6.20 Å². The van der Waals surface area contributed by atoms with Gasteiger partial charge in [0.1, 0.15) is 0 Å². The minimum Gasteiger partial charge on any atom is -0.465 e. The van der Waals surface area contributed by atoms with Crippen molar-refractivity contribution >= 4 is 16.7 Å². The molecule has 20 heavy (non-hydrogen) atoms. The van der Waals surface area contributed by atoms with Gasteiger partial charge in [-0.15, -0.1) is 0 Å². The van der Waals surface area contributed by atoms with Gasteiger partial charge in [-0.2, -0.15) is 5.10 Å². The Labute approximate surface area is 116 Å². The molecule has 2 aromatic carbocycles. The molecule has 0 atom stereocenters. The standard InChI is InChI=1S/C16H14N2O2/c1-20-16(19)14-9-17-18(11-14)10-13-7-4-6-12-5-2-3-8-15(12)13/h2-9,11H,10H2,1H3. The first-order chi connectivity index (χ1) is 9.78. The summed E-state index contributed by atoms with van der Waals surface area (Å²) in [6.07, 6.45) is 3.23. The molecule has 0 amide bonds. The van der Waals surface area contributed by atoms with E-state index in [0.717, 1.165) is 0 Å². The zero-order valence-corrected chi connectivity index (χ0v) is 11.1. The molecule has 100 valence electrons. The molecule has 4 nitrogen and oxygen atoms in total. The van der Waals surface area contributed by atoms with Crippen LogP contribution in [-0.2, 0) is 11.3 Å². The van der Waals surface area contributed by atoms with Crippen molar-refractivity contribution in [1.29, 1.82) is 0 Å².